The lowest BCUT2D eigenvalue weighted by molar-refractivity contribution is -0.143. The summed E-state index contributed by atoms with van der Waals surface area (Å²) < 4.78 is 4.65. The lowest BCUT2D eigenvalue weighted by Crippen LogP contribution is -2.03. The van der Waals surface area contributed by atoms with Gasteiger partial charge in [0.15, 0.2) is 0 Å². The van der Waals surface area contributed by atoms with E-state index in [0.29, 0.717) is 25.9 Å². The van der Waals surface area contributed by atoms with Crippen molar-refractivity contribution in [1.82, 2.24) is 0 Å². The largest absolute Gasteiger partial charge is 0.466 e. The van der Waals surface area contributed by atoms with Crippen molar-refractivity contribution in [2.24, 2.45) is 0 Å². The van der Waals surface area contributed by atoms with Gasteiger partial charge in [-0.05, 0) is 19.8 Å². The maximum absolute atomic E-state index is 10.6. The van der Waals surface area contributed by atoms with Crippen LogP contribution >= 0.6 is 0 Å². The fourth-order valence-electron chi connectivity index (χ4n) is 0.605. The highest BCUT2D eigenvalue weighted by Crippen LogP contribution is 1.96. The van der Waals surface area contributed by atoms with E-state index in [0.717, 1.165) is 0 Å². The highest BCUT2D eigenvalue weighted by Gasteiger charge is 1.99. The molecule has 0 aromatic carbocycles. The lowest BCUT2D eigenvalue weighted by atomic mass is 10.2. The zero-order chi connectivity index (χ0) is 7.82. The number of carbonyl (C=O) groups is 1. The van der Waals surface area contributed by atoms with Crippen molar-refractivity contribution in [1.29, 1.82) is 0 Å². The molecule has 0 rings (SSSR count). The SMILES string of the molecule is CCOC(=O)CCCC[O]. The zero-order valence-corrected chi connectivity index (χ0v) is 6.26. The number of hydrogen-bond donors (Lipinski definition) is 0. The van der Waals surface area contributed by atoms with Crippen molar-refractivity contribution in [3.8, 4) is 0 Å². The summed E-state index contributed by atoms with van der Waals surface area (Å²) in [6.45, 7) is 2.10. The van der Waals surface area contributed by atoms with Crippen molar-refractivity contribution in [2.75, 3.05) is 13.2 Å². The number of carbonyl (C=O) groups excluding carboxylic acids is 1. The van der Waals surface area contributed by atoms with Crippen molar-refractivity contribution in [2.45, 2.75) is 26.2 Å². The molecule has 3 nitrogen and oxygen atoms in total. The second-order valence-corrected chi connectivity index (χ2v) is 1.97. The minimum Gasteiger partial charge on any atom is -0.466 e. The summed E-state index contributed by atoms with van der Waals surface area (Å²) in [5, 5.41) is 9.92. The summed E-state index contributed by atoms with van der Waals surface area (Å²) in [6, 6.07) is 0. The first-order valence-electron chi connectivity index (χ1n) is 3.55. The Balaban J connectivity index is 3.05. The first-order chi connectivity index (χ1) is 4.81. The van der Waals surface area contributed by atoms with Gasteiger partial charge >= 0.3 is 5.97 Å². The molecule has 0 atom stereocenters. The Labute approximate surface area is 61.0 Å². The maximum atomic E-state index is 10.6. The standard InChI is InChI=1S/C7H13O3/c1-2-10-7(9)5-3-4-6-8/h2-6H2,1H3. The smallest absolute Gasteiger partial charge is 0.305 e. The third-order valence-electron chi connectivity index (χ3n) is 1.08. The molecule has 0 aliphatic carbocycles. The molecular weight excluding hydrogens is 132 g/mol. The summed E-state index contributed by atoms with van der Waals surface area (Å²) in [5.74, 6) is -0.198. The van der Waals surface area contributed by atoms with Crippen LogP contribution in [0, 0.1) is 0 Å². The lowest BCUT2D eigenvalue weighted by Gasteiger charge is -1.98. The van der Waals surface area contributed by atoms with Crippen LogP contribution in [0.2, 0.25) is 0 Å². The van der Waals surface area contributed by atoms with Gasteiger partial charge in [-0.3, -0.25) is 4.79 Å². The molecule has 59 valence electrons. The van der Waals surface area contributed by atoms with Gasteiger partial charge in [-0.2, -0.15) is 0 Å². The Hall–Kier alpha value is -0.570. The normalized spacial score (nSPS) is 9.40. The maximum Gasteiger partial charge on any atom is 0.305 e. The molecule has 0 aromatic heterocycles. The molecule has 0 fully saturated rings. The van der Waals surface area contributed by atoms with Gasteiger partial charge in [-0.15, -0.1) is 0 Å². The Morgan fingerprint density at radius 2 is 2.10 bits per heavy atom. The first-order valence-corrected chi connectivity index (χ1v) is 3.55. The molecule has 0 aromatic rings. The second kappa shape index (κ2) is 6.55. The predicted octanol–water partition coefficient (Wildman–Crippen LogP) is 1.15. The molecule has 0 aliphatic heterocycles. The first kappa shape index (κ1) is 9.43. The number of ether oxygens (including phenoxy) is 1. The molecule has 10 heavy (non-hydrogen) atoms. The van der Waals surface area contributed by atoms with Crippen LogP contribution in [0.4, 0.5) is 0 Å². The van der Waals surface area contributed by atoms with E-state index >= 15 is 0 Å². The highest BCUT2D eigenvalue weighted by molar-refractivity contribution is 5.69. The van der Waals surface area contributed by atoms with Gasteiger partial charge in [-0.25, -0.2) is 5.11 Å². The number of esters is 1. The molecule has 0 heterocycles. The van der Waals surface area contributed by atoms with E-state index in [1.54, 1.807) is 6.92 Å². The minimum atomic E-state index is -0.198. The fourth-order valence-corrected chi connectivity index (χ4v) is 0.605. The molecular formula is C7H13O3. The molecule has 0 saturated heterocycles. The highest BCUT2D eigenvalue weighted by atomic mass is 16.5. The summed E-state index contributed by atoms with van der Waals surface area (Å²) in [7, 11) is 0. The van der Waals surface area contributed by atoms with E-state index in [9.17, 15) is 9.90 Å². The molecule has 0 N–H and O–H groups in total. The molecule has 0 unspecified atom stereocenters. The topological polar surface area (TPSA) is 46.2 Å². The minimum absolute atomic E-state index is 0.0978. The zero-order valence-electron chi connectivity index (χ0n) is 6.26. The van der Waals surface area contributed by atoms with Crippen LogP contribution in [0.1, 0.15) is 26.2 Å². The van der Waals surface area contributed by atoms with Gasteiger partial charge in [0.2, 0.25) is 0 Å². The van der Waals surface area contributed by atoms with Crippen LogP contribution in [0.5, 0.6) is 0 Å². The Morgan fingerprint density at radius 3 is 2.60 bits per heavy atom. The predicted molar refractivity (Wildman–Crippen MR) is 36.0 cm³/mol. The second-order valence-electron chi connectivity index (χ2n) is 1.97. The van der Waals surface area contributed by atoms with Crippen LogP contribution in [-0.2, 0) is 14.6 Å². The van der Waals surface area contributed by atoms with Crippen molar-refractivity contribution < 1.29 is 14.6 Å². The average Bonchev–Trinajstić information content (AvgIpc) is 1.89. The number of rotatable bonds is 5. The summed E-state index contributed by atoms with van der Waals surface area (Å²) in [4.78, 5) is 10.6. The van der Waals surface area contributed by atoms with Gasteiger partial charge in [-0.1, -0.05) is 0 Å². The van der Waals surface area contributed by atoms with Gasteiger partial charge in [0.05, 0.1) is 13.2 Å². The van der Waals surface area contributed by atoms with E-state index in [-0.39, 0.29) is 12.6 Å². The Kier molecular flexibility index (Phi) is 6.18. The molecule has 3 heteroatoms. The van der Waals surface area contributed by atoms with Gasteiger partial charge in [0.25, 0.3) is 0 Å². The van der Waals surface area contributed by atoms with Crippen LogP contribution in [0.25, 0.3) is 0 Å². The quantitative estimate of drug-likeness (QED) is 0.430. The molecule has 0 saturated carbocycles. The van der Waals surface area contributed by atoms with E-state index in [1.165, 1.54) is 0 Å². The van der Waals surface area contributed by atoms with E-state index < -0.39 is 0 Å². The molecule has 0 bridgehead atoms. The summed E-state index contributed by atoms with van der Waals surface area (Å²) in [6.07, 6.45) is 1.61. The molecule has 0 aliphatic rings. The van der Waals surface area contributed by atoms with Crippen LogP contribution < -0.4 is 0 Å². The van der Waals surface area contributed by atoms with Crippen molar-refractivity contribution in [3.63, 3.8) is 0 Å². The van der Waals surface area contributed by atoms with Crippen molar-refractivity contribution in [3.05, 3.63) is 0 Å². The fraction of sp³-hybridized carbons (Fsp3) is 0.857. The molecule has 1 radical (unpaired) electrons. The van der Waals surface area contributed by atoms with Crippen LogP contribution in [-0.4, -0.2) is 19.2 Å². The van der Waals surface area contributed by atoms with Gasteiger partial charge < -0.3 is 4.74 Å². The van der Waals surface area contributed by atoms with Crippen molar-refractivity contribution >= 4 is 5.97 Å². The van der Waals surface area contributed by atoms with Gasteiger partial charge in [0.1, 0.15) is 0 Å². The third kappa shape index (κ3) is 5.56. The third-order valence-corrected chi connectivity index (χ3v) is 1.08. The monoisotopic (exact) mass is 145 g/mol. The average molecular weight is 145 g/mol. The number of hydrogen-bond acceptors (Lipinski definition) is 2. The Morgan fingerprint density at radius 1 is 1.40 bits per heavy atom. The van der Waals surface area contributed by atoms with Crippen LogP contribution in [0.3, 0.4) is 0 Å². The Bertz CT molecular complexity index is 90.9. The molecule has 0 spiro atoms. The van der Waals surface area contributed by atoms with E-state index in [2.05, 4.69) is 4.74 Å². The summed E-state index contributed by atoms with van der Waals surface area (Å²) in [5.41, 5.74) is 0. The molecule has 0 amide bonds. The number of unbranched alkanes of at least 4 members (excludes halogenated alkanes) is 1. The van der Waals surface area contributed by atoms with E-state index in [1.807, 2.05) is 0 Å². The van der Waals surface area contributed by atoms with Gasteiger partial charge in [0, 0.05) is 6.42 Å². The summed E-state index contributed by atoms with van der Waals surface area (Å²) >= 11 is 0. The van der Waals surface area contributed by atoms with E-state index in [4.69, 9.17) is 0 Å². The van der Waals surface area contributed by atoms with Crippen LogP contribution in [0.15, 0.2) is 0 Å².